The average molecular weight is 304 g/mol. The third kappa shape index (κ3) is 2.71. The summed E-state index contributed by atoms with van der Waals surface area (Å²) in [4.78, 5) is 26.7. The highest BCUT2D eigenvalue weighted by molar-refractivity contribution is 5.86. The molecular formula is C13H20N8O. The lowest BCUT2D eigenvalue weighted by atomic mass is 10.3. The number of likely N-dealkylation sites (N-methyl/N-ethyl adjacent to an activating group) is 2. The van der Waals surface area contributed by atoms with E-state index in [0.29, 0.717) is 17.0 Å². The van der Waals surface area contributed by atoms with Crippen LogP contribution in [0.15, 0.2) is 6.33 Å². The fraction of sp³-hybridized carbons (Fsp3) is 0.615. The van der Waals surface area contributed by atoms with E-state index in [4.69, 9.17) is 0 Å². The molecule has 0 unspecified atom stereocenters. The van der Waals surface area contributed by atoms with Gasteiger partial charge in [0.15, 0.2) is 17.0 Å². The largest absolute Gasteiger partial charge is 0.348 e. The molecule has 9 nitrogen and oxygen atoms in total. The summed E-state index contributed by atoms with van der Waals surface area (Å²) in [5, 5.41) is 8.04. The summed E-state index contributed by atoms with van der Waals surface area (Å²) in [5.74, 6) is 0.729. The molecule has 1 aliphatic rings. The van der Waals surface area contributed by atoms with Crippen LogP contribution < -0.4 is 4.90 Å². The Labute approximate surface area is 128 Å². The van der Waals surface area contributed by atoms with E-state index in [-0.39, 0.29) is 12.5 Å². The molecule has 118 valence electrons. The molecule has 0 aromatic carbocycles. The van der Waals surface area contributed by atoms with E-state index in [9.17, 15) is 4.79 Å². The molecule has 0 bridgehead atoms. The SMILES string of the molecule is CN1CCN(C(=O)CN(C)c2ncnc3c2nnn3C)CC1. The van der Waals surface area contributed by atoms with Gasteiger partial charge in [-0.25, -0.2) is 14.6 Å². The quantitative estimate of drug-likeness (QED) is 0.717. The lowest BCUT2D eigenvalue weighted by Gasteiger charge is -2.33. The molecule has 0 spiro atoms. The maximum absolute atomic E-state index is 12.4. The molecule has 0 atom stereocenters. The van der Waals surface area contributed by atoms with Crippen molar-refractivity contribution in [1.29, 1.82) is 0 Å². The molecule has 0 N–H and O–H groups in total. The molecule has 0 saturated carbocycles. The monoisotopic (exact) mass is 304 g/mol. The van der Waals surface area contributed by atoms with Crippen LogP contribution in [0, 0.1) is 0 Å². The van der Waals surface area contributed by atoms with E-state index in [0.717, 1.165) is 26.2 Å². The summed E-state index contributed by atoms with van der Waals surface area (Å²) in [6.45, 7) is 3.64. The summed E-state index contributed by atoms with van der Waals surface area (Å²) < 4.78 is 1.59. The summed E-state index contributed by atoms with van der Waals surface area (Å²) in [6.07, 6.45) is 1.47. The minimum Gasteiger partial charge on any atom is -0.348 e. The number of rotatable bonds is 3. The summed E-state index contributed by atoms with van der Waals surface area (Å²) in [6, 6.07) is 0. The molecule has 3 heterocycles. The number of nitrogens with zero attached hydrogens (tertiary/aromatic N) is 8. The highest BCUT2D eigenvalue weighted by Gasteiger charge is 2.22. The van der Waals surface area contributed by atoms with Crippen LogP contribution in [0.1, 0.15) is 0 Å². The predicted octanol–water partition coefficient (Wildman–Crippen LogP) is -1.03. The zero-order valence-electron chi connectivity index (χ0n) is 13.1. The van der Waals surface area contributed by atoms with Gasteiger partial charge < -0.3 is 14.7 Å². The van der Waals surface area contributed by atoms with Gasteiger partial charge in [-0.1, -0.05) is 5.21 Å². The van der Waals surface area contributed by atoms with Crippen LogP contribution in [0.5, 0.6) is 0 Å². The zero-order valence-corrected chi connectivity index (χ0v) is 13.1. The first-order chi connectivity index (χ1) is 10.6. The molecule has 1 amide bonds. The Morgan fingerprint density at radius 1 is 1.23 bits per heavy atom. The lowest BCUT2D eigenvalue weighted by Crippen LogP contribution is -2.49. The van der Waals surface area contributed by atoms with E-state index in [2.05, 4.69) is 32.2 Å². The van der Waals surface area contributed by atoms with Crippen LogP contribution in [0.3, 0.4) is 0 Å². The van der Waals surface area contributed by atoms with Gasteiger partial charge in [0.1, 0.15) is 6.33 Å². The third-order valence-electron chi connectivity index (χ3n) is 3.96. The van der Waals surface area contributed by atoms with E-state index >= 15 is 0 Å². The first kappa shape index (κ1) is 14.6. The number of carbonyl (C=O) groups excluding carboxylic acids is 1. The van der Waals surface area contributed by atoms with Crippen molar-refractivity contribution in [3.8, 4) is 0 Å². The second kappa shape index (κ2) is 5.84. The molecule has 2 aromatic heterocycles. The number of aryl methyl sites for hydroxylation is 1. The van der Waals surface area contributed by atoms with Crippen molar-refractivity contribution >= 4 is 22.9 Å². The highest BCUT2D eigenvalue weighted by Crippen LogP contribution is 2.18. The van der Waals surface area contributed by atoms with Crippen molar-refractivity contribution < 1.29 is 4.79 Å². The Kier molecular flexibility index (Phi) is 3.88. The molecule has 1 fully saturated rings. The Bertz CT molecular complexity index is 676. The highest BCUT2D eigenvalue weighted by atomic mass is 16.2. The van der Waals surface area contributed by atoms with Gasteiger partial charge in [-0.3, -0.25) is 4.79 Å². The normalized spacial score (nSPS) is 16.2. The van der Waals surface area contributed by atoms with Gasteiger partial charge in [0.2, 0.25) is 5.91 Å². The molecule has 2 aromatic rings. The van der Waals surface area contributed by atoms with Crippen molar-refractivity contribution in [3.63, 3.8) is 0 Å². The Morgan fingerprint density at radius 2 is 1.95 bits per heavy atom. The second-order valence-electron chi connectivity index (χ2n) is 5.62. The first-order valence-corrected chi connectivity index (χ1v) is 7.24. The number of hydrogen-bond acceptors (Lipinski definition) is 7. The maximum Gasteiger partial charge on any atom is 0.242 e. The fourth-order valence-corrected chi connectivity index (χ4v) is 2.55. The third-order valence-corrected chi connectivity index (χ3v) is 3.96. The predicted molar refractivity (Wildman–Crippen MR) is 81.4 cm³/mol. The fourth-order valence-electron chi connectivity index (χ4n) is 2.55. The molecule has 0 radical (unpaired) electrons. The standard InChI is InChI=1S/C13H20N8O/c1-18-4-6-21(7-5-18)10(22)8-19(2)12-11-13(15-9-14-12)20(3)17-16-11/h9H,4-8H2,1-3H3. The van der Waals surface area contributed by atoms with Crippen LogP contribution in [0.25, 0.3) is 11.2 Å². The minimum atomic E-state index is 0.103. The van der Waals surface area contributed by atoms with Gasteiger partial charge in [0, 0.05) is 40.3 Å². The van der Waals surface area contributed by atoms with Crippen LogP contribution in [0.2, 0.25) is 0 Å². The molecule has 3 rings (SSSR count). The summed E-state index contributed by atoms with van der Waals surface area (Å²) >= 11 is 0. The average Bonchev–Trinajstić information content (AvgIpc) is 2.89. The first-order valence-electron chi connectivity index (χ1n) is 7.24. The summed E-state index contributed by atoms with van der Waals surface area (Å²) in [7, 11) is 5.69. The van der Waals surface area contributed by atoms with E-state index in [1.807, 2.05) is 11.9 Å². The van der Waals surface area contributed by atoms with Gasteiger partial charge in [0.05, 0.1) is 6.54 Å². The Balaban J connectivity index is 1.73. The van der Waals surface area contributed by atoms with Gasteiger partial charge in [-0.2, -0.15) is 0 Å². The molecule has 1 saturated heterocycles. The number of hydrogen-bond donors (Lipinski definition) is 0. The molecule has 1 aliphatic heterocycles. The van der Waals surface area contributed by atoms with Gasteiger partial charge in [0.25, 0.3) is 0 Å². The molecule has 9 heteroatoms. The van der Waals surface area contributed by atoms with E-state index < -0.39 is 0 Å². The van der Waals surface area contributed by atoms with Crippen molar-refractivity contribution in [3.05, 3.63) is 6.33 Å². The van der Waals surface area contributed by atoms with E-state index in [1.165, 1.54) is 6.33 Å². The van der Waals surface area contributed by atoms with Crippen molar-refractivity contribution in [2.24, 2.45) is 7.05 Å². The zero-order chi connectivity index (χ0) is 15.7. The molecular weight excluding hydrogens is 284 g/mol. The van der Waals surface area contributed by atoms with Crippen molar-refractivity contribution in [2.75, 3.05) is 51.7 Å². The Hall–Kier alpha value is -2.29. The number of anilines is 1. The van der Waals surface area contributed by atoms with Gasteiger partial charge >= 0.3 is 0 Å². The number of piperazine rings is 1. The smallest absolute Gasteiger partial charge is 0.242 e. The van der Waals surface area contributed by atoms with Crippen LogP contribution in [0.4, 0.5) is 5.82 Å². The summed E-state index contributed by atoms with van der Waals surface area (Å²) in [5.41, 5.74) is 1.27. The number of amides is 1. The number of carbonyl (C=O) groups is 1. The lowest BCUT2D eigenvalue weighted by molar-refractivity contribution is -0.131. The van der Waals surface area contributed by atoms with Crippen LogP contribution in [-0.2, 0) is 11.8 Å². The van der Waals surface area contributed by atoms with Crippen LogP contribution in [-0.4, -0.2) is 87.5 Å². The topological polar surface area (TPSA) is 83.3 Å². The second-order valence-corrected chi connectivity index (χ2v) is 5.62. The van der Waals surface area contributed by atoms with Gasteiger partial charge in [-0.05, 0) is 7.05 Å². The van der Waals surface area contributed by atoms with Gasteiger partial charge in [-0.15, -0.1) is 5.10 Å². The van der Waals surface area contributed by atoms with Crippen molar-refractivity contribution in [1.82, 2.24) is 34.8 Å². The van der Waals surface area contributed by atoms with Crippen LogP contribution >= 0.6 is 0 Å². The van der Waals surface area contributed by atoms with Crippen molar-refractivity contribution in [2.45, 2.75) is 0 Å². The van der Waals surface area contributed by atoms with E-state index in [1.54, 1.807) is 16.6 Å². The molecule has 22 heavy (non-hydrogen) atoms. The Morgan fingerprint density at radius 3 is 2.68 bits per heavy atom. The molecule has 0 aliphatic carbocycles. The number of aromatic nitrogens is 5. The number of fused-ring (bicyclic) bond motifs is 1. The maximum atomic E-state index is 12.4. The minimum absolute atomic E-state index is 0.103.